The van der Waals surface area contributed by atoms with Gasteiger partial charge in [-0.05, 0) is 24.7 Å². The predicted molar refractivity (Wildman–Crippen MR) is 81.9 cm³/mol. The second kappa shape index (κ2) is 9.18. The lowest BCUT2D eigenvalue weighted by Gasteiger charge is -2.10. The van der Waals surface area contributed by atoms with E-state index in [-0.39, 0.29) is 5.56 Å². The number of aryl methyl sites for hydroxylation is 1. The van der Waals surface area contributed by atoms with Crippen molar-refractivity contribution in [3.8, 4) is 0 Å². The summed E-state index contributed by atoms with van der Waals surface area (Å²) >= 11 is 4.15. The molecule has 0 aromatic carbocycles. The number of hydrogen-bond donors (Lipinski definition) is 1. The second-order valence-electron chi connectivity index (χ2n) is 5.15. The maximum absolute atomic E-state index is 12.6. The van der Waals surface area contributed by atoms with E-state index in [1.165, 1.54) is 12.8 Å². The molecule has 0 unspecified atom stereocenters. The number of thiol groups is 1. The normalized spacial score (nSPS) is 11.8. The van der Waals surface area contributed by atoms with Crippen molar-refractivity contribution in [2.45, 2.75) is 57.7 Å². The molecule has 1 rings (SSSR count). The molecule has 21 heavy (non-hydrogen) atoms. The van der Waals surface area contributed by atoms with Crippen LogP contribution in [0.4, 0.5) is 13.2 Å². The van der Waals surface area contributed by atoms with Crippen molar-refractivity contribution in [1.82, 2.24) is 4.57 Å². The van der Waals surface area contributed by atoms with E-state index in [0.717, 1.165) is 60.8 Å². The number of unbranched alkanes of at least 4 members (excludes halogenated alkanes) is 6. The number of alkyl halides is 3. The molecule has 1 aromatic rings. The lowest BCUT2D eigenvalue weighted by atomic mass is 10.1. The van der Waals surface area contributed by atoms with Gasteiger partial charge in [0.15, 0.2) is 0 Å². The summed E-state index contributed by atoms with van der Waals surface area (Å²) in [6, 6.07) is 1.82. The minimum absolute atomic E-state index is 0.347. The Morgan fingerprint density at radius 2 is 1.52 bits per heavy atom. The average molecular weight is 321 g/mol. The Labute approximate surface area is 128 Å². The van der Waals surface area contributed by atoms with Gasteiger partial charge in [-0.2, -0.15) is 25.8 Å². The Balaban J connectivity index is 2.33. The van der Waals surface area contributed by atoms with Crippen LogP contribution in [0.15, 0.2) is 23.1 Å². The molecule has 0 amide bonds. The van der Waals surface area contributed by atoms with E-state index < -0.39 is 11.7 Å². The van der Waals surface area contributed by atoms with Gasteiger partial charge < -0.3 is 4.57 Å². The van der Waals surface area contributed by atoms with Gasteiger partial charge >= 0.3 is 6.18 Å². The van der Waals surface area contributed by atoms with Crippen molar-refractivity contribution in [1.29, 1.82) is 0 Å². The Morgan fingerprint density at radius 1 is 0.952 bits per heavy atom. The number of aromatic nitrogens is 1. The molecule has 0 radical (unpaired) electrons. The Kier molecular flexibility index (Phi) is 7.93. The van der Waals surface area contributed by atoms with Gasteiger partial charge in [-0.25, -0.2) is 0 Å². The first kappa shape index (κ1) is 18.1. The van der Waals surface area contributed by atoms with E-state index >= 15 is 0 Å². The minimum Gasteiger partial charge on any atom is -0.315 e. The van der Waals surface area contributed by atoms with Gasteiger partial charge in [0, 0.05) is 18.8 Å². The number of rotatable bonds is 9. The van der Waals surface area contributed by atoms with Crippen molar-refractivity contribution in [3.05, 3.63) is 34.2 Å². The van der Waals surface area contributed by atoms with Crippen LogP contribution in [0, 0.1) is 0 Å². The van der Waals surface area contributed by atoms with Crippen molar-refractivity contribution in [2.75, 3.05) is 5.75 Å². The van der Waals surface area contributed by atoms with Gasteiger partial charge in [-0.3, -0.25) is 4.79 Å². The third-order valence-electron chi connectivity index (χ3n) is 3.37. The lowest BCUT2D eigenvalue weighted by Crippen LogP contribution is -2.21. The number of hydrogen-bond acceptors (Lipinski definition) is 2. The fourth-order valence-corrected chi connectivity index (χ4v) is 2.38. The molecule has 0 spiro atoms. The Morgan fingerprint density at radius 3 is 2.10 bits per heavy atom. The second-order valence-corrected chi connectivity index (χ2v) is 5.59. The summed E-state index contributed by atoms with van der Waals surface area (Å²) in [7, 11) is 0. The molecule has 0 N–H and O–H groups in total. The zero-order valence-corrected chi connectivity index (χ0v) is 12.9. The van der Waals surface area contributed by atoms with Crippen LogP contribution < -0.4 is 5.56 Å². The number of nitrogens with zero attached hydrogens (tertiary/aromatic N) is 1. The zero-order chi connectivity index (χ0) is 15.7. The fraction of sp³-hybridized carbons (Fsp3) is 0.667. The van der Waals surface area contributed by atoms with E-state index in [0.29, 0.717) is 6.54 Å². The first-order valence-corrected chi connectivity index (χ1v) is 7.97. The van der Waals surface area contributed by atoms with Gasteiger partial charge in [-0.15, -0.1) is 0 Å². The van der Waals surface area contributed by atoms with Gasteiger partial charge in [0.05, 0.1) is 5.56 Å². The van der Waals surface area contributed by atoms with Crippen LogP contribution in [0.1, 0.15) is 50.5 Å². The predicted octanol–water partition coefficient (Wildman–Crippen LogP) is 4.53. The highest BCUT2D eigenvalue weighted by molar-refractivity contribution is 7.80. The topological polar surface area (TPSA) is 22.0 Å². The molecule has 2 nitrogen and oxygen atoms in total. The average Bonchev–Trinajstić information content (AvgIpc) is 2.42. The van der Waals surface area contributed by atoms with Crippen LogP contribution in [0.2, 0.25) is 0 Å². The highest BCUT2D eigenvalue weighted by atomic mass is 32.1. The largest absolute Gasteiger partial charge is 0.417 e. The van der Waals surface area contributed by atoms with E-state index in [1.807, 2.05) is 0 Å². The van der Waals surface area contributed by atoms with E-state index in [4.69, 9.17) is 0 Å². The lowest BCUT2D eigenvalue weighted by molar-refractivity contribution is -0.138. The standard InChI is InChI=1S/C15H22F3NOS/c16-15(17,18)13-8-9-14(20)19(12-13)10-6-4-2-1-3-5-7-11-21/h8-9,12,21H,1-7,10-11H2. The molecular formula is C15H22F3NOS. The molecule has 0 aliphatic carbocycles. The van der Waals surface area contributed by atoms with E-state index in [9.17, 15) is 18.0 Å². The molecule has 0 fully saturated rings. The first-order chi connectivity index (χ1) is 9.95. The van der Waals surface area contributed by atoms with E-state index in [2.05, 4.69) is 12.6 Å². The van der Waals surface area contributed by atoms with Crippen molar-refractivity contribution in [2.24, 2.45) is 0 Å². The Bertz CT molecular complexity index is 471. The van der Waals surface area contributed by atoms with Crippen molar-refractivity contribution in [3.63, 3.8) is 0 Å². The maximum Gasteiger partial charge on any atom is 0.417 e. The van der Waals surface area contributed by atoms with Crippen molar-refractivity contribution < 1.29 is 13.2 Å². The molecule has 0 atom stereocenters. The third-order valence-corrected chi connectivity index (χ3v) is 3.68. The highest BCUT2D eigenvalue weighted by Gasteiger charge is 2.30. The minimum atomic E-state index is -4.40. The summed E-state index contributed by atoms with van der Waals surface area (Å²) in [4.78, 5) is 11.5. The van der Waals surface area contributed by atoms with Gasteiger partial charge in [0.1, 0.15) is 0 Å². The van der Waals surface area contributed by atoms with Gasteiger partial charge in [-0.1, -0.05) is 32.1 Å². The molecule has 0 bridgehead atoms. The summed E-state index contributed by atoms with van der Waals surface area (Å²) in [6.07, 6.45) is 3.84. The van der Waals surface area contributed by atoms with E-state index in [1.54, 1.807) is 0 Å². The first-order valence-electron chi connectivity index (χ1n) is 7.33. The smallest absolute Gasteiger partial charge is 0.315 e. The number of halogens is 3. The van der Waals surface area contributed by atoms with Gasteiger partial charge in [0.25, 0.3) is 5.56 Å². The SMILES string of the molecule is O=c1ccc(C(F)(F)F)cn1CCCCCCCCCS. The quantitative estimate of drug-likeness (QED) is 0.524. The maximum atomic E-state index is 12.6. The van der Waals surface area contributed by atoms with Crippen LogP contribution in [0.3, 0.4) is 0 Å². The third kappa shape index (κ3) is 7.07. The van der Waals surface area contributed by atoms with Crippen LogP contribution in [-0.4, -0.2) is 10.3 Å². The van der Waals surface area contributed by atoms with Crippen LogP contribution in [0.25, 0.3) is 0 Å². The van der Waals surface area contributed by atoms with Crippen LogP contribution in [0.5, 0.6) is 0 Å². The molecule has 6 heteroatoms. The monoisotopic (exact) mass is 321 g/mol. The molecule has 0 aliphatic rings. The molecule has 120 valence electrons. The summed E-state index contributed by atoms with van der Waals surface area (Å²) in [5.74, 6) is 0.915. The van der Waals surface area contributed by atoms with Crippen molar-refractivity contribution >= 4 is 12.6 Å². The van der Waals surface area contributed by atoms with Gasteiger partial charge in [0.2, 0.25) is 0 Å². The fourth-order valence-electron chi connectivity index (χ4n) is 2.15. The molecular weight excluding hydrogens is 299 g/mol. The molecule has 0 saturated heterocycles. The molecule has 1 heterocycles. The zero-order valence-electron chi connectivity index (χ0n) is 12.0. The van der Waals surface area contributed by atoms with Crippen LogP contribution >= 0.6 is 12.6 Å². The van der Waals surface area contributed by atoms with Crippen LogP contribution in [-0.2, 0) is 12.7 Å². The highest BCUT2D eigenvalue weighted by Crippen LogP contribution is 2.28. The Hall–Kier alpha value is -0.910. The summed E-state index contributed by atoms with van der Waals surface area (Å²) in [6.45, 7) is 0.347. The molecule has 0 aliphatic heterocycles. The summed E-state index contributed by atoms with van der Waals surface area (Å²) < 4.78 is 38.9. The molecule has 1 aromatic heterocycles. The summed E-state index contributed by atoms with van der Waals surface area (Å²) in [5.41, 5.74) is -1.15. The number of pyridine rings is 1. The molecule has 0 saturated carbocycles. The summed E-state index contributed by atoms with van der Waals surface area (Å²) in [5, 5.41) is 0.